The van der Waals surface area contributed by atoms with Gasteiger partial charge in [0.2, 0.25) is 0 Å². The Balaban J connectivity index is 2.58. The number of hydrogen-bond donors (Lipinski definition) is 0. The minimum absolute atomic E-state index is 1.04. The molecule has 0 bridgehead atoms. The van der Waals surface area contributed by atoms with Crippen molar-refractivity contribution in [2.45, 2.75) is 27.2 Å². The van der Waals surface area contributed by atoms with Gasteiger partial charge in [-0.1, -0.05) is 24.6 Å². The van der Waals surface area contributed by atoms with Crippen molar-refractivity contribution in [1.29, 1.82) is 0 Å². The number of aromatic nitrogens is 2. The summed E-state index contributed by atoms with van der Waals surface area (Å²) in [6, 6.07) is 8.54. The zero-order valence-electron chi connectivity index (χ0n) is 9.49. The fourth-order valence-corrected chi connectivity index (χ4v) is 1.83. The van der Waals surface area contributed by atoms with Gasteiger partial charge in [-0.05, 0) is 38.0 Å². The van der Waals surface area contributed by atoms with E-state index in [2.05, 4.69) is 44.1 Å². The SMILES string of the molecule is CCc1cc(C)ccc1-n1nccc1C. The molecule has 0 unspecified atom stereocenters. The molecule has 2 heteroatoms. The average molecular weight is 200 g/mol. The third kappa shape index (κ3) is 1.80. The van der Waals surface area contributed by atoms with Crippen molar-refractivity contribution in [2.24, 2.45) is 0 Å². The first-order valence-electron chi connectivity index (χ1n) is 5.33. The zero-order valence-corrected chi connectivity index (χ0v) is 9.49. The van der Waals surface area contributed by atoms with Crippen LogP contribution >= 0.6 is 0 Å². The van der Waals surface area contributed by atoms with Gasteiger partial charge in [-0.25, -0.2) is 4.68 Å². The Labute approximate surface area is 90.6 Å². The third-order valence-corrected chi connectivity index (χ3v) is 2.68. The minimum atomic E-state index is 1.04. The zero-order chi connectivity index (χ0) is 10.8. The van der Waals surface area contributed by atoms with Crippen molar-refractivity contribution in [3.8, 4) is 5.69 Å². The van der Waals surface area contributed by atoms with E-state index >= 15 is 0 Å². The van der Waals surface area contributed by atoms with Crippen LogP contribution in [-0.2, 0) is 6.42 Å². The van der Waals surface area contributed by atoms with Crippen LogP contribution in [0.3, 0.4) is 0 Å². The molecule has 78 valence electrons. The summed E-state index contributed by atoms with van der Waals surface area (Å²) in [5, 5.41) is 4.34. The Morgan fingerprint density at radius 2 is 2.00 bits per heavy atom. The largest absolute Gasteiger partial charge is 0.238 e. The van der Waals surface area contributed by atoms with Gasteiger partial charge in [-0.15, -0.1) is 0 Å². The molecule has 0 atom stereocenters. The highest BCUT2D eigenvalue weighted by molar-refractivity contribution is 5.43. The highest BCUT2D eigenvalue weighted by Crippen LogP contribution is 2.17. The number of aryl methyl sites for hydroxylation is 3. The number of nitrogens with zero attached hydrogens (tertiary/aromatic N) is 2. The Morgan fingerprint density at radius 1 is 1.20 bits per heavy atom. The van der Waals surface area contributed by atoms with Crippen molar-refractivity contribution in [1.82, 2.24) is 9.78 Å². The first kappa shape index (κ1) is 9.97. The van der Waals surface area contributed by atoms with Gasteiger partial charge in [0.05, 0.1) is 5.69 Å². The van der Waals surface area contributed by atoms with Crippen molar-refractivity contribution in [3.05, 3.63) is 47.3 Å². The number of benzene rings is 1. The molecule has 0 fully saturated rings. The molecular weight excluding hydrogens is 184 g/mol. The van der Waals surface area contributed by atoms with Gasteiger partial charge in [0.1, 0.15) is 0 Å². The van der Waals surface area contributed by atoms with Gasteiger partial charge < -0.3 is 0 Å². The lowest BCUT2D eigenvalue weighted by atomic mass is 10.1. The molecule has 1 heterocycles. The van der Waals surface area contributed by atoms with Gasteiger partial charge in [0, 0.05) is 11.9 Å². The molecule has 2 aromatic rings. The molecule has 0 N–H and O–H groups in total. The van der Waals surface area contributed by atoms with Crippen molar-refractivity contribution >= 4 is 0 Å². The maximum atomic E-state index is 4.34. The second kappa shape index (κ2) is 3.89. The predicted molar refractivity (Wildman–Crippen MR) is 62.4 cm³/mol. The van der Waals surface area contributed by atoms with E-state index in [1.54, 1.807) is 0 Å². The summed E-state index contributed by atoms with van der Waals surface area (Å²) in [4.78, 5) is 0. The molecule has 2 rings (SSSR count). The van der Waals surface area contributed by atoms with Crippen LogP contribution in [0, 0.1) is 13.8 Å². The second-order valence-electron chi connectivity index (χ2n) is 3.87. The molecule has 0 aliphatic carbocycles. The van der Waals surface area contributed by atoms with Crippen molar-refractivity contribution in [3.63, 3.8) is 0 Å². The third-order valence-electron chi connectivity index (χ3n) is 2.68. The predicted octanol–water partition coefficient (Wildman–Crippen LogP) is 3.05. The van der Waals surface area contributed by atoms with E-state index < -0.39 is 0 Å². The molecule has 0 saturated carbocycles. The molecule has 0 radical (unpaired) electrons. The van der Waals surface area contributed by atoms with Crippen molar-refractivity contribution < 1.29 is 0 Å². The summed E-state index contributed by atoms with van der Waals surface area (Å²) in [5.74, 6) is 0. The lowest BCUT2D eigenvalue weighted by molar-refractivity contribution is 0.832. The quantitative estimate of drug-likeness (QED) is 0.728. The van der Waals surface area contributed by atoms with Crippen LogP contribution in [0.5, 0.6) is 0 Å². The standard InChI is InChI=1S/C13H16N2/c1-4-12-9-10(2)5-6-13(12)15-11(3)7-8-14-15/h5-9H,4H2,1-3H3. The molecule has 0 amide bonds. The molecule has 1 aromatic carbocycles. The maximum Gasteiger partial charge on any atom is 0.0680 e. The number of rotatable bonds is 2. The summed E-state index contributed by atoms with van der Waals surface area (Å²) >= 11 is 0. The monoisotopic (exact) mass is 200 g/mol. The topological polar surface area (TPSA) is 17.8 Å². The molecule has 2 nitrogen and oxygen atoms in total. The highest BCUT2D eigenvalue weighted by Gasteiger charge is 2.05. The minimum Gasteiger partial charge on any atom is -0.238 e. The summed E-state index contributed by atoms with van der Waals surface area (Å²) in [7, 11) is 0. The summed E-state index contributed by atoms with van der Waals surface area (Å²) in [6.45, 7) is 6.38. The normalized spacial score (nSPS) is 10.6. The van der Waals surface area contributed by atoms with E-state index in [-0.39, 0.29) is 0 Å². The first-order chi connectivity index (χ1) is 7.22. The Kier molecular flexibility index (Phi) is 2.58. The lowest BCUT2D eigenvalue weighted by Gasteiger charge is -2.10. The molecule has 0 aliphatic heterocycles. The fourth-order valence-electron chi connectivity index (χ4n) is 1.83. The smallest absolute Gasteiger partial charge is 0.0680 e. The van der Waals surface area contributed by atoms with Gasteiger partial charge in [0.15, 0.2) is 0 Å². The Morgan fingerprint density at radius 3 is 2.60 bits per heavy atom. The van der Waals surface area contributed by atoms with Crippen LogP contribution in [0.4, 0.5) is 0 Å². The summed E-state index contributed by atoms with van der Waals surface area (Å²) < 4.78 is 2.00. The van der Waals surface area contributed by atoms with Gasteiger partial charge in [-0.3, -0.25) is 0 Å². The van der Waals surface area contributed by atoms with Crippen LogP contribution < -0.4 is 0 Å². The fraction of sp³-hybridized carbons (Fsp3) is 0.308. The second-order valence-corrected chi connectivity index (χ2v) is 3.87. The van der Waals surface area contributed by atoms with Crippen LogP contribution in [-0.4, -0.2) is 9.78 Å². The van der Waals surface area contributed by atoms with Crippen LogP contribution in [0.25, 0.3) is 5.69 Å². The van der Waals surface area contributed by atoms with E-state index in [0.717, 1.165) is 6.42 Å². The molecule has 0 saturated heterocycles. The Hall–Kier alpha value is -1.57. The van der Waals surface area contributed by atoms with Crippen LogP contribution in [0.1, 0.15) is 23.7 Å². The summed E-state index contributed by atoms with van der Waals surface area (Å²) in [5.41, 5.74) is 5.03. The van der Waals surface area contributed by atoms with Crippen molar-refractivity contribution in [2.75, 3.05) is 0 Å². The van der Waals surface area contributed by atoms with Crippen LogP contribution in [0.15, 0.2) is 30.5 Å². The lowest BCUT2D eigenvalue weighted by Crippen LogP contribution is -2.02. The molecule has 1 aromatic heterocycles. The van der Waals surface area contributed by atoms with Gasteiger partial charge >= 0.3 is 0 Å². The molecule has 0 aliphatic rings. The first-order valence-corrected chi connectivity index (χ1v) is 5.33. The van der Waals surface area contributed by atoms with Gasteiger partial charge in [-0.2, -0.15) is 5.10 Å². The van der Waals surface area contributed by atoms with E-state index in [9.17, 15) is 0 Å². The van der Waals surface area contributed by atoms with E-state index in [0.29, 0.717) is 0 Å². The molecular formula is C13H16N2. The van der Waals surface area contributed by atoms with E-state index in [4.69, 9.17) is 0 Å². The number of hydrogen-bond acceptors (Lipinski definition) is 1. The molecule has 0 spiro atoms. The van der Waals surface area contributed by atoms with Crippen LogP contribution in [0.2, 0.25) is 0 Å². The average Bonchev–Trinajstić information content (AvgIpc) is 2.64. The molecule has 15 heavy (non-hydrogen) atoms. The Bertz CT molecular complexity index is 469. The summed E-state index contributed by atoms with van der Waals surface area (Å²) in [6.07, 6.45) is 2.88. The van der Waals surface area contributed by atoms with Gasteiger partial charge in [0.25, 0.3) is 0 Å². The van der Waals surface area contributed by atoms with E-state index in [1.807, 2.05) is 16.9 Å². The highest BCUT2D eigenvalue weighted by atomic mass is 15.3. The maximum absolute atomic E-state index is 4.34. The van der Waals surface area contributed by atoms with E-state index in [1.165, 1.54) is 22.5 Å².